The van der Waals surface area contributed by atoms with Crippen LogP contribution in [0, 0.1) is 10.8 Å². The molecule has 0 saturated heterocycles. The lowest BCUT2D eigenvalue weighted by Crippen LogP contribution is -2.41. The van der Waals surface area contributed by atoms with Gasteiger partial charge in [0.15, 0.2) is 0 Å². The molecule has 0 aromatic carbocycles. The van der Waals surface area contributed by atoms with Crippen molar-refractivity contribution in [2.75, 3.05) is 5.75 Å². The van der Waals surface area contributed by atoms with Gasteiger partial charge in [-0.1, -0.05) is 40.0 Å². The Labute approximate surface area is 116 Å². The Morgan fingerprint density at radius 2 is 1.83 bits per heavy atom. The van der Waals surface area contributed by atoms with Crippen LogP contribution < -0.4 is 0 Å². The van der Waals surface area contributed by atoms with Crippen LogP contribution in [0.5, 0.6) is 0 Å². The number of thioether (sulfide) groups is 1. The predicted octanol–water partition coefficient (Wildman–Crippen LogP) is 4.84. The molecule has 2 heteroatoms. The summed E-state index contributed by atoms with van der Waals surface area (Å²) in [6.45, 7) is 7.30. The monoisotopic (exact) mass is 268 g/mol. The third-order valence-electron chi connectivity index (χ3n) is 5.52. The van der Waals surface area contributed by atoms with E-state index < -0.39 is 0 Å². The summed E-state index contributed by atoms with van der Waals surface area (Å²) in [6, 6.07) is 0. The molecule has 0 spiro atoms. The maximum atomic E-state index is 11.9. The van der Waals surface area contributed by atoms with Gasteiger partial charge in [-0.3, -0.25) is 4.79 Å². The summed E-state index contributed by atoms with van der Waals surface area (Å²) >= 11 is 1.96. The highest BCUT2D eigenvalue weighted by Gasteiger charge is 2.43. The summed E-state index contributed by atoms with van der Waals surface area (Å²) in [5.41, 5.74) is 0.865. The molecule has 0 N–H and O–H groups in total. The predicted molar refractivity (Wildman–Crippen MR) is 80.1 cm³/mol. The first-order valence-corrected chi connectivity index (χ1v) is 8.64. The average molecular weight is 268 g/mol. The van der Waals surface area contributed by atoms with E-state index in [4.69, 9.17) is 0 Å². The van der Waals surface area contributed by atoms with Crippen molar-refractivity contribution in [2.24, 2.45) is 10.8 Å². The zero-order valence-electron chi connectivity index (χ0n) is 12.3. The average Bonchev–Trinajstić information content (AvgIpc) is 2.32. The Balaban J connectivity index is 1.93. The Hall–Kier alpha value is 0.0200. The van der Waals surface area contributed by atoms with E-state index in [0.29, 0.717) is 21.9 Å². The van der Waals surface area contributed by atoms with Crippen LogP contribution in [0.4, 0.5) is 0 Å². The molecule has 0 radical (unpaired) electrons. The van der Waals surface area contributed by atoms with Gasteiger partial charge < -0.3 is 0 Å². The van der Waals surface area contributed by atoms with E-state index in [1.807, 2.05) is 11.8 Å². The largest absolute Gasteiger partial charge is 0.298 e. The highest BCUT2D eigenvalue weighted by Crippen LogP contribution is 2.52. The van der Waals surface area contributed by atoms with Crippen molar-refractivity contribution >= 4 is 17.5 Å². The topological polar surface area (TPSA) is 17.1 Å². The van der Waals surface area contributed by atoms with Crippen LogP contribution in [-0.2, 0) is 4.79 Å². The van der Waals surface area contributed by atoms with Gasteiger partial charge >= 0.3 is 0 Å². The van der Waals surface area contributed by atoms with Crippen molar-refractivity contribution in [1.29, 1.82) is 0 Å². The highest BCUT2D eigenvalue weighted by atomic mass is 32.2. The van der Waals surface area contributed by atoms with Crippen LogP contribution in [0.25, 0.3) is 0 Å². The quantitative estimate of drug-likeness (QED) is 0.728. The Morgan fingerprint density at radius 1 is 1.11 bits per heavy atom. The molecule has 2 unspecified atom stereocenters. The summed E-state index contributed by atoms with van der Waals surface area (Å²) in [6.07, 6.45) is 9.78. The molecule has 2 aliphatic carbocycles. The molecule has 104 valence electrons. The molecule has 0 heterocycles. The molecule has 18 heavy (non-hydrogen) atoms. The van der Waals surface area contributed by atoms with Gasteiger partial charge in [0, 0.05) is 6.42 Å². The van der Waals surface area contributed by atoms with Gasteiger partial charge in [-0.15, -0.1) is 0 Å². The zero-order chi connectivity index (χ0) is 13.2. The van der Waals surface area contributed by atoms with Crippen LogP contribution >= 0.6 is 11.8 Å². The first-order valence-electron chi connectivity index (χ1n) is 7.59. The van der Waals surface area contributed by atoms with E-state index in [2.05, 4.69) is 20.8 Å². The number of ketones is 1. The summed E-state index contributed by atoms with van der Waals surface area (Å²) in [4.78, 5) is 11.9. The number of hydrogen-bond donors (Lipinski definition) is 0. The molecule has 2 saturated carbocycles. The minimum Gasteiger partial charge on any atom is -0.298 e. The molecule has 2 atom stereocenters. The molecule has 2 fully saturated rings. The van der Waals surface area contributed by atoms with E-state index in [1.54, 1.807) is 0 Å². The minimum absolute atomic E-state index is 0.313. The van der Waals surface area contributed by atoms with Crippen LogP contribution in [-0.4, -0.2) is 16.8 Å². The third kappa shape index (κ3) is 2.95. The molecular formula is C16H28OS. The smallest absolute Gasteiger partial charge is 0.145 e. The number of carbonyl (C=O) groups excluding carboxylic acids is 1. The summed E-state index contributed by atoms with van der Waals surface area (Å²) in [7, 11) is 0. The normalized spacial score (nSPS) is 36.6. The fourth-order valence-electron chi connectivity index (χ4n) is 3.40. The minimum atomic E-state index is 0.313. The molecule has 0 bridgehead atoms. The first kappa shape index (κ1) is 14.4. The molecule has 0 amide bonds. The van der Waals surface area contributed by atoms with E-state index in [9.17, 15) is 4.79 Å². The molecule has 1 nitrogen and oxygen atoms in total. The van der Waals surface area contributed by atoms with Crippen molar-refractivity contribution in [2.45, 2.75) is 77.4 Å². The van der Waals surface area contributed by atoms with Gasteiger partial charge in [0.2, 0.25) is 0 Å². The van der Waals surface area contributed by atoms with E-state index in [-0.39, 0.29) is 0 Å². The van der Waals surface area contributed by atoms with Crippen molar-refractivity contribution < 1.29 is 4.79 Å². The Bertz CT molecular complexity index is 310. The molecule has 0 aromatic heterocycles. The van der Waals surface area contributed by atoms with Crippen LogP contribution in [0.15, 0.2) is 0 Å². The van der Waals surface area contributed by atoms with Gasteiger partial charge in [0.1, 0.15) is 5.78 Å². The molecule has 0 aliphatic heterocycles. The second kappa shape index (κ2) is 5.56. The van der Waals surface area contributed by atoms with E-state index >= 15 is 0 Å². The van der Waals surface area contributed by atoms with E-state index in [0.717, 1.165) is 19.3 Å². The third-order valence-corrected chi connectivity index (χ3v) is 7.22. The molecule has 2 aliphatic rings. The maximum Gasteiger partial charge on any atom is 0.145 e. The van der Waals surface area contributed by atoms with E-state index in [1.165, 1.54) is 37.9 Å². The second-order valence-electron chi connectivity index (χ2n) is 7.16. The highest BCUT2D eigenvalue weighted by molar-refractivity contribution is 8.00. The lowest BCUT2D eigenvalue weighted by molar-refractivity contribution is -0.119. The second-order valence-corrected chi connectivity index (χ2v) is 8.35. The van der Waals surface area contributed by atoms with Crippen LogP contribution in [0.1, 0.15) is 72.1 Å². The fraction of sp³-hybridized carbons (Fsp3) is 0.938. The lowest BCUT2D eigenvalue weighted by Gasteiger charge is -2.48. The summed E-state index contributed by atoms with van der Waals surface area (Å²) < 4.78 is 0. The van der Waals surface area contributed by atoms with Gasteiger partial charge in [-0.25, -0.2) is 0 Å². The van der Waals surface area contributed by atoms with Crippen LogP contribution in [0.3, 0.4) is 0 Å². The number of rotatable bonds is 3. The summed E-state index contributed by atoms with van der Waals surface area (Å²) in [5.74, 6) is 1.69. The van der Waals surface area contributed by atoms with Crippen LogP contribution in [0.2, 0.25) is 0 Å². The Kier molecular flexibility index (Phi) is 4.46. The summed E-state index contributed by atoms with van der Waals surface area (Å²) in [5, 5.41) is 0.313. The fourth-order valence-corrected chi connectivity index (χ4v) is 5.14. The van der Waals surface area contributed by atoms with Gasteiger partial charge in [-0.05, 0) is 42.3 Å². The van der Waals surface area contributed by atoms with Crippen molar-refractivity contribution in [3.8, 4) is 0 Å². The van der Waals surface area contributed by atoms with Gasteiger partial charge in [-0.2, -0.15) is 11.8 Å². The maximum absolute atomic E-state index is 11.9. The number of Topliss-reactive ketones (excluding diaryl/α,β-unsaturated/α-hetero) is 1. The van der Waals surface area contributed by atoms with Gasteiger partial charge in [0.25, 0.3) is 0 Å². The number of carbonyl (C=O) groups is 1. The Morgan fingerprint density at radius 3 is 2.50 bits per heavy atom. The lowest BCUT2D eigenvalue weighted by atomic mass is 9.60. The number of hydrogen-bond acceptors (Lipinski definition) is 2. The molecular weight excluding hydrogens is 240 g/mol. The zero-order valence-corrected chi connectivity index (χ0v) is 13.1. The SMILES string of the molecule is CC1(C)CCCCC1(C)CSC1CCCCC1=O. The standard InChI is InChI=1S/C16H28OS/c1-15(2)10-6-7-11-16(15,3)12-18-14-9-5-4-8-13(14)17/h14H,4-12H2,1-3H3. The van der Waals surface area contributed by atoms with Gasteiger partial charge in [0.05, 0.1) is 5.25 Å². The first-order chi connectivity index (χ1) is 8.45. The molecule has 0 aromatic rings. The van der Waals surface area contributed by atoms with Crippen molar-refractivity contribution in [1.82, 2.24) is 0 Å². The molecule has 2 rings (SSSR count). The van der Waals surface area contributed by atoms with Crippen molar-refractivity contribution in [3.63, 3.8) is 0 Å². The van der Waals surface area contributed by atoms with Crippen molar-refractivity contribution in [3.05, 3.63) is 0 Å².